The first-order valence-corrected chi connectivity index (χ1v) is 7.06. The molecule has 0 aromatic heterocycles. The molecule has 0 saturated carbocycles. The van der Waals surface area contributed by atoms with Gasteiger partial charge in [0.05, 0.1) is 13.2 Å². The molecule has 1 heterocycles. The molecule has 4 nitrogen and oxygen atoms in total. The van der Waals surface area contributed by atoms with Gasteiger partial charge in [0.1, 0.15) is 5.75 Å². The average Bonchev–Trinajstić information content (AvgIpc) is 2.41. The van der Waals surface area contributed by atoms with Crippen LogP contribution in [-0.4, -0.2) is 32.3 Å². The van der Waals surface area contributed by atoms with Crippen molar-refractivity contribution in [2.45, 2.75) is 26.7 Å². The standard InChI is InChI=1S/C16H23NO3/c1-12(2)13-5-4-6-14(7-13)20-8-15(18)17-9-16(3)10-19-11-16/h4-7,12H,8-11H2,1-3H3,(H,17,18). The van der Waals surface area contributed by atoms with Gasteiger partial charge in [-0.2, -0.15) is 0 Å². The maximum absolute atomic E-state index is 11.7. The number of amides is 1. The van der Waals surface area contributed by atoms with E-state index < -0.39 is 0 Å². The lowest BCUT2D eigenvalue weighted by Crippen LogP contribution is -2.49. The van der Waals surface area contributed by atoms with Gasteiger partial charge < -0.3 is 14.8 Å². The number of carbonyl (C=O) groups excluding carboxylic acids is 1. The molecule has 1 aliphatic heterocycles. The normalized spacial score (nSPS) is 16.6. The van der Waals surface area contributed by atoms with Crippen LogP contribution in [0.2, 0.25) is 0 Å². The van der Waals surface area contributed by atoms with E-state index in [1.54, 1.807) is 0 Å². The zero-order valence-electron chi connectivity index (χ0n) is 12.4. The van der Waals surface area contributed by atoms with Crippen LogP contribution in [0, 0.1) is 5.41 Å². The fraction of sp³-hybridized carbons (Fsp3) is 0.562. The maximum Gasteiger partial charge on any atom is 0.257 e. The number of carbonyl (C=O) groups is 1. The lowest BCUT2D eigenvalue weighted by molar-refractivity contribution is -0.128. The van der Waals surface area contributed by atoms with Crippen LogP contribution in [0.5, 0.6) is 5.75 Å². The number of rotatable bonds is 6. The summed E-state index contributed by atoms with van der Waals surface area (Å²) in [7, 11) is 0. The first-order valence-electron chi connectivity index (χ1n) is 7.06. The second-order valence-corrected chi connectivity index (χ2v) is 6.10. The van der Waals surface area contributed by atoms with Crippen molar-refractivity contribution < 1.29 is 14.3 Å². The SMILES string of the molecule is CC(C)c1cccc(OCC(=O)NCC2(C)COC2)c1. The van der Waals surface area contributed by atoms with Gasteiger partial charge >= 0.3 is 0 Å². The van der Waals surface area contributed by atoms with Crippen LogP contribution >= 0.6 is 0 Å². The Morgan fingerprint density at radius 3 is 2.80 bits per heavy atom. The quantitative estimate of drug-likeness (QED) is 0.868. The molecule has 2 rings (SSSR count). The topological polar surface area (TPSA) is 47.6 Å². The molecule has 0 unspecified atom stereocenters. The van der Waals surface area contributed by atoms with Crippen molar-refractivity contribution in [2.24, 2.45) is 5.41 Å². The summed E-state index contributed by atoms with van der Waals surface area (Å²) >= 11 is 0. The number of hydrogen-bond acceptors (Lipinski definition) is 3. The Bertz CT molecular complexity index is 467. The smallest absolute Gasteiger partial charge is 0.257 e. The lowest BCUT2D eigenvalue weighted by Gasteiger charge is -2.37. The zero-order valence-corrected chi connectivity index (χ0v) is 12.4. The van der Waals surface area contributed by atoms with E-state index in [1.807, 2.05) is 18.2 Å². The fourth-order valence-electron chi connectivity index (χ4n) is 2.03. The van der Waals surface area contributed by atoms with E-state index in [2.05, 4.69) is 32.2 Å². The lowest BCUT2D eigenvalue weighted by atomic mass is 9.89. The van der Waals surface area contributed by atoms with E-state index in [9.17, 15) is 4.79 Å². The van der Waals surface area contributed by atoms with Crippen LogP contribution in [0.4, 0.5) is 0 Å². The van der Waals surface area contributed by atoms with Gasteiger partial charge in [0.2, 0.25) is 0 Å². The molecule has 1 N–H and O–H groups in total. The molecule has 1 fully saturated rings. The Hall–Kier alpha value is -1.55. The molecule has 0 radical (unpaired) electrons. The molecule has 1 saturated heterocycles. The molecule has 0 spiro atoms. The van der Waals surface area contributed by atoms with Gasteiger partial charge in [-0.15, -0.1) is 0 Å². The summed E-state index contributed by atoms with van der Waals surface area (Å²) in [5, 5.41) is 2.89. The van der Waals surface area contributed by atoms with E-state index in [0.29, 0.717) is 25.7 Å². The van der Waals surface area contributed by atoms with Crippen LogP contribution < -0.4 is 10.1 Å². The van der Waals surface area contributed by atoms with E-state index in [4.69, 9.17) is 9.47 Å². The number of ether oxygens (including phenoxy) is 2. The molecule has 4 heteroatoms. The van der Waals surface area contributed by atoms with Gasteiger partial charge in [-0.1, -0.05) is 32.9 Å². The van der Waals surface area contributed by atoms with Crippen molar-refractivity contribution in [3.8, 4) is 5.75 Å². The van der Waals surface area contributed by atoms with Gasteiger partial charge in [-0.3, -0.25) is 4.79 Å². The highest BCUT2D eigenvalue weighted by atomic mass is 16.5. The minimum atomic E-state index is -0.0897. The van der Waals surface area contributed by atoms with Crippen LogP contribution in [0.3, 0.4) is 0 Å². The Labute approximate surface area is 120 Å². The Morgan fingerprint density at radius 2 is 2.20 bits per heavy atom. The van der Waals surface area contributed by atoms with E-state index in [1.165, 1.54) is 5.56 Å². The average molecular weight is 277 g/mol. The summed E-state index contributed by atoms with van der Waals surface area (Å²) in [6.07, 6.45) is 0. The fourth-order valence-corrected chi connectivity index (χ4v) is 2.03. The largest absolute Gasteiger partial charge is 0.484 e. The number of hydrogen-bond donors (Lipinski definition) is 1. The number of nitrogens with one attached hydrogen (secondary N) is 1. The van der Waals surface area contributed by atoms with E-state index in [-0.39, 0.29) is 17.9 Å². The number of benzene rings is 1. The van der Waals surface area contributed by atoms with Crippen molar-refractivity contribution in [3.63, 3.8) is 0 Å². The second-order valence-electron chi connectivity index (χ2n) is 6.10. The molecule has 20 heavy (non-hydrogen) atoms. The van der Waals surface area contributed by atoms with E-state index in [0.717, 1.165) is 5.75 Å². The van der Waals surface area contributed by atoms with Gasteiger partial charge in [-0.25, -0.2) is 0 Å². The summed E-state index contributed by atoms with van der Waals surface area (Å²) < 4.78 is 10.7. The predicted octanol–water partition coefficient (Wildman–Crippen LogP) is 2.34. The molecule has 1 aliphatic rings. The predicted molar refractivity (Wildman–Crippen MR) is 78.0 cm³/mol. The third kappa shape index (κ3) is 3.97. The molecule has 1 aromatic carbocycles. The van der Waals surface area contributed by atoms with Crippen molar-refractivity contribution in [1.82, 2.24) is 5.32 Å². The zero-order chi connectivity index (χ0) is 14.6. The molecular weight excluding hydrogens is 254 g/mol. The first-order chi connectivity index (χ1) is 9.48. The van der Waals surface area contributed by atoms with E-state index >= 15 is 0 Å². The van der Waals surface area contributed by atoms with Crippen LogP contribution in [0.1, 0.15) is 32.3 Å². The summed E-state index contributed by atoms with van der Waals surface area (Å²) in [6, 6.07) is 7.88. The van der Waals surface area contributed by atoms with Gasteiger partial charge in [-0.05, 0) is 23.6 Å². The van der Waals surface area contributed by atoms with Crippen LogP contribution in [0.25, 0.3) is 0 Å². The maximum atomic E-state index is 11.7. The molecule has 0 bridgehead atoms. The monoisotopic (exact) mass is 277 g/mol. The highest BCUT2D eigenvalue weighted by molar-refractivity contribution is 5.77. The van der Waals surface area contributed by atoms with Gasteiger partial charge in [0.25, 0.3) is 5.91 Å². The van der Waals surface area contributed by atoms with Crippen LogP contribution in [-0.2, 0) is 9.53 Å². The van der Waals surface area contributed by atoms with Crippen molar-refractivity contribution in [1.29, 1.82) is 0 Å². The molecular formula is C16H23NO3. The van der Waals surface area contributed by atoms with Crippen molar-refractivity contribution in [2.75, 3.05) is 26.4 Å². The Morgan fingerprint density at radius 1 is 1.45 bits per heavy atom. The third-order valence-electron chi connectivity index (χ3n) is 3.51. The first kappa shape index (κ1) is 14.9. The second kappa shape index (κ2) is 6.27. The Kier molecular flexibility index (Phi) is 4.65. The summed E-state index contributed by atoms with van der Waals surface area (Å²) in [6.45, 7) is 8.49. The van der Waals surface area contributed by atoms with Crippen LogP contribution in [0.15, 0.2) is 24.3 Å². The summed E-state index contributed by atoms with van der Waals surface area (Å²) in [4.78, 5) is 11.7. The van der Waals surface area contributed by atoms with Crippen molar-refractivity contribution in [3.05, 3.63) is 29.8 Å². The third-order valence-corrected chi connectivity index (χ3v) is 3.51. The van der Waals surface area contributed by atoms with Gasteiger partial charge in [0, 0.05) is 12.0 Å². The molecule has 110 valence electrons. The molecule has 0 aliphatic carbocycles. The van der Waals surface area contributed by atoms with Crippen molar-refractivity contribution >= 4 is 5.91 Å². The molecule has 0 atom stereocenters. The minimum absolute atomic E-state index is 0.0541. The molecule has 1 amide bonds. The highest BCUT2D eigenvalue weighted by Crippen LogP contribution is 2.25. The molecule has 1 aromatic rings. The van der Waals surface area contributed by atoms with Gasteiger partial charge in [0.15, 0.2) is 6.61 Å². The summed E-state index contributed by atoms with van der Waals surface area (Å²) in [5.74, 6) is 1.10. The Balaban J connectivity index is 1.76. The minimum Gasteiger partial charge on any atom is -0.484 e. The summed E-state index contributed by atoms with van der Waals surface area (Å²) in [5.41, 5.74) is 1.30. The highest BCUT2D eigenvalue weighted by Gasteiger charge is 2.33.